The fourth-order valence-electron chi connectivity index (χ4n) is 2.86. The minimum absolute atomic E-state index is 0.235. The maximum atomic E-state index is 12.4. The van der Waals surface area contributed by atoms with Crippen LogP contribution in [0.4, 0.5) is 11.6 Å². The summed E-state index contributed by atoms with van der Waals surface area (Å²) in [6.07, 6.45) is 6.19. The molecule has 0 aliphatic carbocycles. The van der Waals surface area contributed by atoms with Gasteiger partial charge in [-0.1, -0.05) is 26.0 Å². The van der Waals surface area contributed by atoms with Gasteiger partial charge in [0.25, 0.3) is 10.0 Å². The number of benzene rings is 1. The quantitative estimate of drug-likeness (QED) is 0.887. The molecule has 0 unspecified atom stereocenters. The van der Waals surface area contributed by atoms with Crippen molar-refractivity contribution in [2.75, 3.05) is 22.7 Å². The first-order valence-electron chi connectivity index (χ1n) is 8.66. The molecule has 1 N–H and O–H groups in total. The molecule has 0 radical (unpaired) electrons. The molecule has 3 rings (SSSR count). The van der Waals surface area contributed by atoms with E-state index in [-0.39, 0.29) is 4.90 Å². The largest absolute Gasteiger partial charge is 0.341 e. The van der Waals surface area contributed by atoms with Gasteiger partial charge in [0.1, 0.15) is 0 Å². The lowest BCUT2D eigenvalue weighted by atomic mass is 10.00. The molecule has 25 heavy (non-hydrogen) atoms. The van der Waals surface area contributed by atoms with Crippen molar-refractivity contribution in [3.8, 4) is 0 Å². The van der Waals surface area contributed by atoms with Crippen LogP contribution in [0.3, 0.4) is 0 Å². The third kappa shape index (κ3) is 4.28. The van der Waals surface area contributed by atoms with Crippen LogP contribution < -0.4 is 9.62 Å². The number of anilines is 2. The van der Waals surface area contributed by atoms with E-state index in [0.717, 1.165) is 43.8 Å². The molecule has 1 aromatic carbocycles. The van der Waals surface area contributed by atoms with E-state index in [0.29, 0.717) is 11.6 Å². The molecule has 1 fully saturated rings. The van der Waals surface area contributed by atoms with Gasteiger partial charge in [-0.2, -0.15) is 0 Å². The normalized spacial score (nSPS) is 16.0. The number of rotatable bonds is 5. The van der Waals surface area contributed by atoms with Gasteiger partial charge in [0.15, 0.2) is 0 Å². The number of sulfonamides is 1. The molecule has 2 aromatic rings. The molecule has 0 spiro atoms. The van der Waals surface area contributed by atoms with Crippen molar-refractivity contribution in [1.29, 1.82) is 0 Å². The van der Waals surface area contributed by atoms with Crippen LogP contribution in [0.15, 0.2) is 41.6 Å². The summed E-state index contributed by atoms with van der Waals surface area (Å²) in [5.74, 6) is 1.39. The van der Waals surface area contributed by atoms with Crippen LogP contribution in [-0.2, 0) is 16.4 Å². The number of nitrogens with zero attached hydrogens (tertiary/aromatic N) is 3. The zero-order valence-electron chi connectivity index (χ0n) is 14.6. The molecule has 0 saturated carbocycles. The monoisotopic (exact) mass is 360 g/mol. The van der Waals surface area contributed by atoms with Crippen molar-refractivity contribution in [1.82, 2.24) is 9.97 Å². The fraction of sp³-hybridized carbons (Fsp3) is 0.444. The molecule has 1 aliphatic heterocycles. The summed E-state index contributed by atoms with van der Waals surface area (Å²) >= 11 is 0. The zero-order chi connectivity index (χ0) is 17.9. The summed E-state index contributed by atoms with van der Waals surface area (Å²) in [5.41, 5.74) is 1.47. The lowest BCUT2D eigenvalue weighted by Crippen LogP contribution is -2.34. The first-order chi connectivity index (χ1) is 12.0. The molecule has 1 saturated heterocycles. The second-order valence-corrected chi connectivity index (χ2v) is 8.23. The van der Waals surface area contributed by atoms with Gasteiger partial charge >= 0.3 is 0 Å². The van der Waals surface area contributed by atoms with Gasteiger partial charge in [-0.05, 0) is 42.9 Å². The van der Waals surface area contributed by atoms with Gasteiger partial charge in [0.05, 0.1) is 23.0 Å². The SMILES string of the molecule is CCc1ccc(S(=O)(=O)Nc2cnc(N3CCC(C)CC3)nc2)cc1. The Hall–Kier alpha value is -2.15. The average Bonchev–Trinajstić information content (AvgIpc) is 2.63. The molecule has 0 amide bonds. The van der Waals surface area contributed by atoms with Gasteiger partial charge in [-0.25, -0.2) is 18.4 Å². The van der Waals surface area contributed by atoms with E-state index in [4.69, 9.17) is 0 Å². The van der Waals surface area contributed by atoms with Crippen molar-refractivity contribution in [3.63, 3.8) is 0 Å². The van der Waals surface area contributed by atoms with Crippen LogP contribution in [0.5, 0.6) is 0 Å². The van der Waals surface area contributed by atoms with Crippen LogP contribution in [0.1, 0.15) is 32.3 Å². The summed E-state index contributed by atoms with van der Waals surface area (Å²) in [6.45, 7) is 6.17. The van der Waals surface area contributed by atoms with E-state index in [9.17, 15) is 8.42 Å². The molecule has 2 heterocycles. The Morgan fingerprint density at radius 2 is 1.72 bits per heavy atom. The van der Waals surface area contributed by atoms with Gasteiger partial charge in [0.2, 0.25) is 5.95 Å². The third-order valence-corrected chi connectivity index (χ3v) is 6.00. The van der Waals surface area contributed by atoms with Gasteiger partial charge in [0, 0.05) is 13.1 Å². The first-order valence-corrected chi connectivity index (χ1v) is 10.1. The van der Waals surface area contributed by atoms with Crippen molar-refractivity contribution in [3.05, 3.63) is 42.2 Å². The maximum absolute atomic E-state index is 12.4. The molecule has 134 valence electrons. The molecule has 1 aromatic heterocycles. The highest BCUT2D eigenvalue weighted by Crippen LogP contribution is 2.21. The molecular weight excluding hydrogens is 336 g/mol. The van der Waals surface area contributed by atoms with Crippen LogP contribution in [0.25, 0.3) is 0 Å². The Labute approximate surface area is 149 Å². The molecular formula is C18H24N4O2S. The van der Waals surface area contributed by atoms with Crippen LogP contribution in [-0.4, -0.2) is 31.5 Å². The minimum atomic E-state index is -3.63. The molecule has 6 nitrogen and oxygen atoms in total. The maximum Gasteiger partial charge on any atom is 0.261 e. The van der Waals surface area contributed by atoms with Gasteiger partial charge in [-0.3, -0.25) is 4.72 Å². The summed E-state index contributed by atoms with van der Waals surface area (Å²) < 4.78 is 27.4. The highest BCUT2D eigenvalue weighted by molar-refractivity contribution is 7.92. The van der Waals surface area contributed by atoms with Crippen molar-refractivity contribution >= 4 is 21.7 Å². The van der Waals surface area contributed by atoms with E-state index in [2.05, 4.69) is 26.5 Å². The predicted molar refractivity (Wildman–Crippen MR) is 99.3 cm³/mol. The summed E-state index contributed by atoms with van der Waals surface area (Å²) in [4.78, 5) is 11.0. The Bertz CT molecular complexity index is 796. The number of piperidine rings is 1. The van der Waals surface area contributed by atoms with Crippen LogP contribution in [0.2, 0.25) is 0 Å². The topological polar surface area (TPSA) is 75.2 Å². The number of aromatic nitrogens is 2. The zero-order valence-corrected chi connectivity index (χ0v) is 15.5. The summed E-state index contributed by atoms with van der Waals surface area (Å²) in [6, 6.07) is 6.88. The lowest BCUT2D eigenvalue weighted by Gasteiger charge is -2.30. The molecule has 7 heteroatoms. The van der Waals surface area contributed by atoms with Gasteiger partial charge < -0.3 is 4.90 Å². The fourth-order valence-corrected chi connectivity index (χ4v) is 3.89. The number of hydrogen-bond acceptors (Lipinski definition) is 5. The van der Waals surface area contributed by atoms with Gasteiger partial charge in [-0.15, -0.1) is 0 Å². The smallest absolute Gasteiger partial charge is 0.261 e. The Balaban J connectivity index is 1.69. The van der Waals surface area contributed by atoms with Crippen molar-refractivity contribution in [2.45, 2.75) is 38.0 Å². The molecule has 1 aliphatic rings. The number of nitrogens with one attached hydrogen (secondary N) is 1. The van der Waals surface area contributed by atoms with Crippen molar-refractivity contribution in [2.24, 2.45) is 5.92 Å². The van der Waals surface area contributed by atoms with Crippen LogP contribution in [0, 0.1) is 5.92 Å². The number of hydrogen-bond donors (Lipinski definition) is 1. The van der Waals surface area contributed by atoms with E-state index in [1.54, 1.807) is 12.1 Å². The highest BCUT2D eigenvalue weighted by atomic mass is 32.2. The molecule has 0 atom stereocenters. The molecule has 0 bridgehead atoms. The first kappa shape index (κ1) is 17.7. The Morgan fingerprint density at radius 3 is 2.28 bits per heavy atom. The summed E-state index contributed by atoms with van der Waals surface area (Å²) in [5, 5.41) is 0. The van der Waals surface area contributed by atoms with E-state index in [1.165, 1.54) is 12.4 Å². The third-order valence-electron chi connectivity index (χ3n) is 4.60. The average molecular weight is 360 g/mol. The minimum Gasteiger partial charge on any atom is -0.341 e. The van der Waals surface area contributed by atoms with E-state index >= 15 is 0 Å². The van der Waals surface area contributed by atoms with E-state index < -0.39 is 10.0 Å². The number of aryl methyl sites for hydroxylation is 1. The highest BCUT2D eigenvalue weighted by Gasteiger charge is 2.19. The predicted octanol–water partition coefficient (Wildman–Crippen LogP) is 3.08. The lowest BCUT2D eigenvalue weighted by molar-refractivity contribution is 0.434. The van der Waals surface area contributed by atoms with Crippen LogP contribution >= 0.6 is 0 Å². The second-order valence-electron chi connectivity index (χ2n) is 6.54. The standard InChI is InChI=1S/C18H24N4O2S/c1-3-15-4-6-17(7-5-15)25(23,24)21-16-12-19-18(20-13-16)22-10-8-14(2)9-11-22/h4-7,12-14,21H,3,8-11H2,1-2H3. The Morgan fingerprint density at radius 1 is 1.12 bits per heavy atom. The van der Waals surface area contributed by atoms with E-state index in [1.807, 2.05) is 19.1 Å². The second kappa shape index (κ2) is 7.39. The Kier molecular flexibility index (Phi) is 5.22. The van der Waals surface area contributed by atoms with Crippen molar-refractivity contribution < 1.29 is 8.42 Å². The summed E-state index contributed by atoms with van der Waals surface area (Å²) in [7, 11) is -3.63.